The molecule has 0 unspecified atom stereocenters. The maximum Gasteiger partial charge on any atom is 0.269 e. The first-order chi connectivity index (χ1) is 14.2. The molecule has 9 nitrogen and oxygen atoms in total. The van der Waals surface area contributed by atoms with E-state index in [4.69, 9.17) is 0 Å². The van der Waals surface area contributed by atoms with Crippen molar-refractivity contribution in [1.29, 1.82) is 0 Å². The number of nitro benzene ring substituents is 1. The molecule has 0 saturated carbocycles. The summed E-state index contributed by atoms with van der Waals surface area (Å²) in [5.41, 5.74) is 1.82. The van der Waals surface area contributed by atoms with Gasteiger partial charge in [0.15, 0.2) is 0 Å². The smallest absolute Gasteiger partial charge is 0.269 e. The van der Waals surface area contributed by atoms with Crippen LogP contribution in [-0.2, 0) is 16.0 Å². The van der Waals surface area contributed by atoms with Crippen molar-refractivity contribution >= 4 is 23.2 Å². The Hall–Kier alpha value is -2.68. The van der Waals surface area contributed by atoms with Crippen molar-refractivity contribution < 1.29 is 14.5 Å². The number of piperazine rings is 1. The minimum absolute atomic E-state index is 0.00831. The molecule has 164 valence electrons. The second-order valence-electron chi connectivity index (χ2n) is 8.76. The molecule has 30 heavy (non-hydrogen) atoms. The van der Waals surface area contributed by atoms with Gasteiger partial charge < -0.3 is 15.5 Å². The van der Waals surface area contributed by atoms with Crippen molar-refractivity contribution in [2.75, 3.05) is 31.1 Å². The first-order valence-electron chi connectivity index (χ1n) is 10.5. The second kappa shape index (κ2) is 8.99. The van der Waals surface area contributed by atoms with Crippen LogP contribution >= 0.6 is 0 Å². The van der Waals surface area contributed by atoms with Crippen molar-refractivity contribution in [3.05, 3.63) is 33.9 Å². The Bertz CT molecular complexity index is 826. The summed E-state index contributed by atoms with van der Waals surface area (Å²) in [7, 11) is 0. The average Bonchev–Trinajstić information content (AvgIpc) is 2.65. The van der Waals surface area contributed by atoms with Crippen LogP contribution in [0.25, 0.3) is 0 Å². The molecule has 2 aliphatic heterocycles. The van der Waals surface area contributed by atoms with E-state index < -0.39 is 4.92 Å². The summed E-state index contributed by atoms with van der Waals surface area (Å²) >= 11 is 0. The maximum atomic E-state index is 13.0. The topological polar surface area (TPSA) is 108 Å². The highest BCUT2D eigenvalue weighted by molar-refractivity contribution is 5.82. The highest BCUT2D eigenvalue weighted by Gasteiger charge is 2.42. The number of benzene rings is 1. The lowest BCUT2D eigenvalue weighted by Gasteiger charge is -2.49. The number of hydrogen-bond donors (Lipinski definition) is 2. The molecule has 1 fully saturated rings. The highest BCUT2D eigenvalue weighted by Crippen LogP contribution is 2.37. The van der Waals surface area contributed by atoms with Gasteiger partial charge in [0.25, 0.3) is 5.69 Å². The molecule has 2 aliphatic rings. The van der Waals surface area contributed by atoms with Crippen LogP contribution < -0.4 is 15.5 Å². The fraction of sp³-hybridized carbons (Fsp3) is 0.619. The summed E-state index contributed by atoms with van der Waals surface area (Å²) in [5.74, 6) is -0.406. The summed E-state index contributed by atoms with van der Waals surface area (Å²) in [6.45, 7) is 9.94. The molecular formula is C21H31N5O4. The number of rotatable bonds is 6. The Morgan fingerprint density at radius 3 is 2.50 bits per heavy atom. The monoisotopic (exact) mass is 417 g/mol. The summed E-state index contributed by atoms with van der Waals surface area (Å²) in [6.07, 6.45) is 0.447. The zero-order chi connectivity index (χ0) is 22.0. The molecule has 2 atom stereocenters. The molecule has 0 aromatic heterocycles. The summed E-state index contributed by atoms with van der Waals surface area (Å²) in [6, 6.07) is 4.90. The number of nitrogens with one attached hydrogen (secondary N) is 2. The molecule has 1 aromatic rings. The number of fused-ring (bicyclic) bond motifs is 3. The molecule has 2 N–H and O–H groups in total. The van der Waals surface area contributed by atoms with Crippen LogP contribution in [0.2, 0.25) is 0 Å². The maximum absolute atomic E-state index is 13.0. The molecule has 1 aromatic carbocycles. The van der Waals surface area contributed by atoms with Crippen molar-refractivity contribution in [2.45, 2.75) is 52.2 Å². The number of carbonyl (C=O) groups is 2. The normalized spacial score (nSPS) is 21.2. The van der Waals surface area contributed by atoms with E-state index in [2.05, 4.69) is 20.4 Å². The fourth-order valence-corrected chi connectivity index (χ4v) is 4.39. The summed E-state index contributed by atoms with van der Waals surface area (Å²) in [5, 5.41) is 17.1. The second-order valence-corrected chi connectivity index (χ2v) is 8.76. The first-order valence-corrected chi connectivity index (χ1v) is 10.5. The molecule has 0 spiro atoms. The highest BCUT2D eigenvalue weighted by atomic mass is 16.6. The lowest BCUT2D eigenvalue weighted by Crippen LogP contribution is -2.62. The summed E-state index contributed by atoms with van der Waals surface area (Å²) < 4.78 is 0. The van der Waals surface area contributed by atoms with Crippen molar-refractivity contribution in [3.63, 3.8) is 0 Å². The Morgan fingerprint density at radius 2 is 1.87 bits per heavy atom. The van der Waals surface area contributed by atoms with Crippen LogP contribution in [0.3, 0.4) is 0 Å². The van der Waals surface area contributed by atoms with Crippen LogP contribution in [-0.4, -0.2) is 65.9 Å². The number of nitrogens with zero attached hydrogens (tertiary/aromatic N) is 3. The molecule has 1 saturated heterocycles. The van der Waals surface area contributed by atoms with Gasteiger partial charge in [0.2, 0.25) is 11.8 Å². The van der Waals surface area contributed by atoms with Gasteiger partial charge >= 0.3 is 0 Å². The van der Waals surface area contributed by atoms with Gasteiger partial charge in [0.1, 0.15) is 0 Å². The van der Waals surface area contributed by atoms with Gasteiger partial charge in [-0.05, 0) is 45.7 Å². The van der Waals surface area contributed by atoms with E-state index >= 15 is 0 Å². The standard InChI is InChI=1S/C21H31N5O4/c1-13(2)22-20(27)12-24-7-8-25-18-6-5-16(26(29)30)9-15(18)10-17(19(25)11-24)21(28)23-14(3)4/h5-6,9,13-14,17,19H,7-8,10-12H2,1-4H3,(H,22,27)(H,23,28)/t17-,19+/m0/s1. The number of non-ortho nitro benzene ring substituents is 1. The Morgan fingerprint density at radius 1 is 1.17 bits per heavy atom. The molecule has 0 bridgehead atoms. The lowest BCUT2D eigenvalue weighted by atomic mass is 9.83. The van der Waals surface area contributed by atoms with Gasteiger partial charge in [0, 0.05) is 49.5 Å². The van der Waals surface area contributed by atoms with Crippen LogP contribution in [0, 0.1) is 16.0 Å². The van der Waals surface area contributed by atoms with Gasteiger partial charge in [-0.25, -0.2) is 0 Å². The number of nitro groups is 1. The number of anilines is 1. The van der Waals surface area contributed by atoms with E-state index in [-0.39, 0.29) is 41.5 Å². The van der Waals surface area contributed by atoms with Crippen LogP contribution in [0.4, 0.5) is 11.4 Å². The molecule has 0 radical (unpaired) electrons. The van der Waals surface area contributed by atoms with Crippen LogP contribution in [0.15, 0.2) is 18.2 Å². The van der Waals surface area contributed by atoms with Gasteiger partial charge in [-0.3, -0.25) is 24.6 Å². The van der Waals surface area contributed by atoms with E-state index in [1.807, 2.05) is 27.7 Å². The summed E-state index contributed by atoms with van der Waals surface area (Å²) in [4.78, 5) is 40.3. The Labute approximate surface area is 176 Å². The molecule has 2 heterocycles. The SMILES string of the molecule is CC(C)NC(=O)CN1CCN2c3ccc([N+](=O)[O-])cc3C[C@H](C(=O)NC(C)C)[C@H]2C1. The quantitative estimate of drug-likeness (QED) is 0.534. The predicted molar refractivity (Wildman–Crippen MR) is 114 cm³/mol. The van der Waals surface area contributed by atoms with E-state index in [1.54, 1.807) is 12.1 Å². The third kappa shape index (κ3) is 4.89. The van der Waals surface area contributed by atoms with Gasteiger partial charge in [0.05, 0.1) is 23.4 Å². The third-order valence-electron chi connectivity index (χ3n) is 5.57. The minimum atomic E-state index is -0.402. The lowest BCUT2D eigenvalue weighted by molar-refractivity contribution is -0.384. The average molecular weight is 418 g/mol. The largest absolute Gasteiger partial charge is 0.365 e. The Balaban J connectivity index is 1.86. The molecule has 3 rings (SSSR count). The van der Waals surface area contributed by atoms with E-state index in [0.29, 0.717) is 32.6 Å². The van der Waals surface area contributed by atoms with E-state index in [1.165, 1.54) is 6.07 Å². The molecule has 9 heteroatoms. The number of carbonyl (C=O) groups excluding carboxylic acids is 2. The fourth-order valence-electron chi connectivity index (χ4n) is 4.39. The van der Waals surface area contributed by atoms with E-state index in [9.17, 15) is 19.7 Å². The predicted octanol–water partition coefficient (Wildman–Crippen LogP) is 1.31. The zero-order valence-corrected chi connectivity index (χ0v) is 18.1. The Kier molecular flexibility index (Phi) is 6.60. The van der Waals surface area contributed by atoms with Crippen LogP contribution in [0.1, 0.15) is 33.3 Å². The van der Waals surface area contributed by atoms with E-state index in [0.717, 1.165) is 11.3 Å². The molecule has 0 aliphatic carbocycles. The minimum Gasteiger partial charge on any atom is -0.365 e. The van der Waals surface area contributed by atoms with Crippen molar-refractivity contribution in [2.24, 2.45) is 5.92 Å². The van der Waals surface area contributed by atoms with Crippen molar-refractivity contribution in [1.82, 2.24) is 15.5 Å². The molecular weight excluding hydrogens is 386 g/mol. The van der Waals surface area contributed by atoms with Gasteiger partial charge in [-0.15, -0.1) is 0 Å². The number of hydrogen-bond acceptors (Lipinski definition) is 6. The first kappa shape index (κ1) is 22.0. The zero-order valence-electron chi connectivity index (χ0n) is 18.1. The molecule has 2 amide bonds. The van der Waals surface area contributed by atoms with Crippen molar-refractivity contribution in [3.8, 4) is 0 Å². The van der Waals surface area contributed by atoms with Gasteiger partial charge in [-0.1, -0.05) is 0 Å². The third-order valence-corrected chi connectivity index (χ3v) is 5.57. The number of amides is 2. The van der Waals surface area contributed by atoms with Crippen LogP contribution in [0.5, 0.6) is 0 Å². The van der Waals surface area contributed by atoms with Gasteiger partial charge in [-0.2, -0.15) is 0 Å².